The Labute approximate surface area is 139 Å². The summed E-state index contributed by atoms with van der Waals surface area (Å²) in [5.74, 6) is 0. The molecule has 2 aromatic heterocycles. The molecule has 0 bridgehead atoms. The fourth-order valence-corrected chi connectivity index (χ4v) is 3.96. The maximum atomic E-state index is 6.10. The summed E-state index contributed by atoms with van der Waals surface area (Å²) in [5.41, 5.74) is 3.66. The van der Waals surface area contributed by atoms with Crippen LogP contribution in [-0.2, 0) is 19.4 Å². The second-order valence-corrected chi connectivity index (χ2v) is 7.26. The van der Waals surface area contributed by atoms with E-state index in [0.717, 1.165) is 48.4 Å². The third-order valence-corrected chi connectivity index (χ3v) is 5.43. The Morgan fingerprint density at radius 3 is 3.05 bits per heavy atom. The Hall–Kier alpha value is -1.42. The van der Waals surface area contributed by atoms with Gasteiger partial charge in [-0.2, -0.15) is 0 Å². The topological polar surface area (TPSA) is 16.1 Å². The van der Waals surface area contributed by atoms with Crippen molar-refractivity contribution in [3.8, 4) is 0 Å². The minimum atomic E-state index is 0.777. The first-order valence-corrected chi connectivity index (χ1v) is 8.86. The van der Waals surface area contributed by atoms with Gasteiger partial charge in [0.1, 0.15) is 0 Å². The zero-order valence-corrected chi connectivity index (χ0v) is 13.8. The van der Waals surface area contributed by atoms with E-state index in [1.54, 1.807) is 0 Å². The summed E-state index contributed by atoms with van der Waals surface area (Å²) >= 11 is 7.95. The number of hydrogen-bond donors (Lipinski definition) is 0. The summed E-state index contributed by atoms with van der Waals surface area (Å²) in [5, 5.41) is 4.08. The summed E-state index contributed by atoms with van der Waals surface area (Å²) in [6, 6.07) is 12.6. The van der Waals surface area contributed by atoms with Gasteiger partial charge in [-0.1, -0.05) is 17.7 Å². The highest BCUT2D eigenvalue weighted by atomic mass is 35.5. The fourth-order valence-electron chi connectivity index (χ4n) is 3.08. The van der Waals surface area contributed by atoms with Crippen LogP contribution in [0.5, 0.6) is 0 Å². The molecule has 3 aromatic rings. The Kier molecular flexibility index (Phi) is 3.87. The van der Waals surface area contributed by atoms with Crippen LogP contribution in [0.4, 0.5) is 0 Å². The highest BCUT2D eigenvalue weighted by molar-refractivity contribution is 7.09. The number of nitrogens with zero attached hydrogens (tertiary/aromatic N) is 2. The third kappa shape index (κ3) is 2.89. The number of pyridine rings is 1. The predicted octanol–water partition coefficient (Wildman–Crippen LogP) is 4.55. The van der Waals surface area contributed by atoms with E-state index in [9.17, 15) is 0 Å². The summed E-state index contributed by atoms with van der Waals surface area (Å²) in [6.45, 7) is 3.22. The van der Waals surface area contributed by atoms with Crippen LogP contribution in [-0.4, -0.2) is 23.0 Å². The maximum Gasteiger partial charge on any atom is 0.0706 e. The largest absolute Gasteiger partial charge is 0.298 e. The summed E-state index contributed by atoms with van der Waals surface area (Å²) in [7, 11) is 0. The minimum absolute atomic E-state index is 0.777. The molecule has 22 heavy (non-hydrogen) atoms. The van der Waals surface area contributed by atoms with Gasteiger partial charge in [0.05, 0.1) is 5.52 Å². The van der Waals surface area contributed by atoms with Gasteiger partial charge in [-0.25, -0.2) is 0 Å². The van der Waals surface area contributed by atoms with E-state index >= 15 is 0 Å². The van der Waals surface area contributed by atoms with Crippen LogP contribution in [0.2, 0.25) is 5.02 Å². The zero-order chi connectivity index (χ0) is 14.9. The molecule has 0 spiro atoms. The van der Waals surface area contributed by atoms with E-state index in [0.29, 0.717) is 0 Å². The first kappa shape index (κ1) is 14.2. The molecule has 0 aliphatic carbocycles. The lowest BCUT2D eigenvalue weighted by atomic mass is 10.0. The van der Waals surface area contributed by atoms with Gasteiger partial charge in [-0.15, -0.1) is 11.3 Å². The van der Waals surface area contributed by atoms with Crippen molar-refractivity contribution in [1.82, 2.24) is 9.88 Å². The van der Waals surface area contributed by atoms with Crippen molar-refractivity contribution >= 4 is 33.8 Å². The number of benzene rings is 1. The van der Waals surface area contributed by atoms with Crippen molar-refractivity contribution in [2.75, 3.05) is 13.1 Å². The van der Waals surface area contributed by atoms with Crippen molar-refractivity contribution in [1.29, 1.82) is 0 Å². The Balaban J connectivity index is 1.54. The smallest absolute Gasteiger partial charge is 0.0706 e. The number of hydrogen-bond acceptors (Lipinski definition) is 3. The molecule has 0 N–H and O–H groups in total. The van der Waals surface area contributed by atoms with Crippen molar-refractivity contribution < 1.29 is 0 Å². The number of rotatable bonds is 3. The van der Waals surface area contributed by atoms with Gasteiger partial charge in [0.15, 0.2) is 0 Å². The van der Waals surface area contributed by atoms with Gasteiger partial charge in [0.2, 0.25) is 0 Å². The van der Waals surface area contributed by atoms with Crippen LogP contribution < -0.4 is 0 Å². The van der Waals surface area contributed by atoms with Gasteiger partial charge in [-0.05, 0) is 47.7 Å². The predicted molar refractivity (Wildman–Crippen MR) is 93.8 cm³/mol. The van der Waals surface area contributed by atoms with Crippen LogP contribution in [0.3, 0.4) is 0 Å². The normalized spacial score (nSPS) is 15.1. The molecular weight excluding hydrogens is 312 g/mol. The molecule has 112 valence electrons. The third-order valence-electron chi connectivity index (χ3n) is 4.26. The van der Waals surface area contributed by atoms with Crippen molar-refractivity contribution in [2.45, 2.75) is 19.4 Å². The van der Waals surface area contributed by atoms with Gasteiger partial charge < -0.3 is 0 Å². The van der Waals surface area contributed by atoms with Gasteiger partial charge in [-0.3, -0.25) is 9.88 Å². The van der Waals surface area contributed by atoms with Crippen molar-refractivity contribution in [3.05, 3.63) is 62.9 Å². The van der Waals surface area contributed by atoms with Crippen molar-refractivity contribution in [3.63, 3.8) is 0 Å². The Bertz CT molecular complexity index is 798. The first-order chi connectivity index (χ1) is 10.8. The molecule has 0 amide bonds. The van der Waals surface area contributed by atoms with E-state index < -0.39 is 0 Å². The standard InChI is InChI=1S/C18H17ClN2S/c19-15-3-4-17-13(11-15)10-14-12-21(8-6-18(14)20-17)7-5-16-2-1-9-22-16/h1-4,9-11H,5-8,12H2. The first-order valence-electron chi connectivity index (χ1n) is 7.61. The molecule has 0 saturated heterocycles. The molecule has 4 heteroatoms. The minimum Gasteiger partial charge on any atom is -0.298 e. The van der Waals surface area contributed by atoms with E-state index in [4.69, 9.17) is 16.6 Å². The van der Waals surface area contributed by atoms with E-state index in [-0.39, 0.29) is 0 Å². The fraction of sp³-hybridized carbons (Fsp3) is 0.278. The molecule has 0 fully saturated rings. The van der Waals surface area contributed by atoms with E-state index in [1.165, 1.54) is 16.1 Å². The van der Waals surface area contributed by atoms with Crippen LogP contribution in [0, 0.1) is 0 Å². The number of aromatic nitrogens is 1. The number of halogens is 1. The van der Waals surface area contributed by atoms with E-state index in [1.807, 2.05) is 29.5 Å². The molecule has 0 radical (unpaired) electrons. The molecule has 1 aliphatic heterocycles. The quantitative estimate of drug-likeness (QED) is 0.701. The van der Waals surface area contributed by atoms with Gasteiger partial charge >= 0.3 is 0 Å². The van der Waals surface area contributed by atoms with E-state index in [2.05, 4.69) is 28.5 Å². The molecule has 1 aromatic carbocycles. The lowest BCUT2D eigenvalue weighted by Gasteiger charge is -2.28. The van der Waals surface area contributed by atoms with Crippen molar-refractivity contribution in [2.24, 2.45) is 0 Å². The summed E-state index contributed by atoms with van der Waals surface area (Å²) < 4.78 is 0. The molecular formula is C18H17ClN2S. The summed E-state index contributed by atoms with van der Waals surface area (Å²) in [4.78, 5) is 8.81. The average Bonchev–Trinajstić information content (AvgIpc) is 3.04. The van der Waals surface area contributed by atoms with Crippen LogP contribution in [0.25, 0.3) is 10.9 Å². The van der Waals surface area contributed by atoms with Crippen LogP contribution >= 0.6 is 22.9 Å². The lowest BCUT2D eigenvalue weighted by molar-refractivity contribution is 0.256. The number of fused-ring (bicyclic) bond motifs is 2. The molecule has 3 heterocycles. The molecule has 1 aliphatic rings. The Morgan fingerprint density at radius 1 is 1.23 bits per heavy atom. The average molecular weight is 329 g/mol. The molecule has 2 nitrogen and oxygen atoms in total. The molecule has 4 rings (SSSR count). The highest BCUT2D eigenvalue weighted by Crippen LogP contribution is 2.25. The zero-order valence-electron chi connectivity index (χ0n) is 12.3. The van der Waals surface area contributed by atoms with Crippen LogP contribution in [0.15, 0.2) is 41.8 Å². The molecule has 0 unspecified atom stereocenters. The van der Waals surface area contributed by atoms with Crippen LogP contribution in [0.1, 0.15) is 16.1 Å². The Morgan fingerprint density at radius 2 is 2.18 bits per heavy atom. The second-order valence-electron chi connectivity index (χ2n) is 5.79. The molecule has 0 saturated carbocycles. The maximum absolute atomic E-state index is 6.10. The lowest BCUT2D eigenvalue weighted by Crippen LogP contribution is -2.32. The second kappa shape index (κ2) is 5.99. The number of thiophene rings is 1. The highest BCUT2D eigenvalue weighted by Gasteiger charge is 2.18. The SMILES string of the molecule is Clc1ccc2nc3c(cc2c1)CN(CCc1cccs1)CC3. The van der Waals surface area contributed by atoms with Gasteiger partial charge in [0.25, 0.3) is 0 Å². The van der Waals surface area contributed by atoms with Gasteiger partial charge in [0, 0.05) is 47.0 Å². The monoisotopic (exact) mass is 328 g/mol. The molecule has 0 atom stereocenters. The summed E-state index contributed by atoms with van der Waals surface area (Å²) in [6.07, 6.45) is 2.18.